The van der Waals surface area contributed by atoms with Crippen molar-refractivity contribution in [3.63, 3.8) is 0 Å². The fourth-order valence-electron chi connectivity index (χ4n) is 2.07. The second kappa shape index (κ2) is 9.61. The minimum atomic E-state index is 0.133. The molecule has 0 aliphatic carbocycles. The van der Waals surface area contributed by atoms with Gasteiger partial charge in [-0.3, -0.25) is 4.90 Å². The zero-order chi connectivity index (χ0) is 13.9. The molecule has 0 saturated carbocycles. The van der Waals surface area contributed by atoms with Gasteiger partial charge in [-0.15, -0.1) is 0 Å². The molecule has 0 aliphatic rings. The van der Waals surface area contributed by atoms with Gasteiger partial charge in [0.2, 0.25) is 0 Å². The van der Waals surface area contributed by atoms with Crippen LogP contribution in [-0.4, -0.2) is 29.7 Å². The Balaban J connectivity index is 2.58. The minimum Gasteiger partial charge on any atom is -0.395 e. The molecule has 1 N–H and O–H groups in total. The van der Waals surface area contributed by atoms with E-state index in [0.29, 0.717) is 6.42 Å². The number of hydrogen-bond acceptors (Lipinski definition) is 2. The van der Waals surface area contributed by atoms with E-state index in [9.17, 15) is 0 Å². The van der Waals surface area contributed by atoms with Crippen LogP contribution < -0.4 is 0 Å². The van der Waals surface area contributed by atoms with Crippen molar-refractivity contribution in [2.24, 2.45) is 0 Å². The van der Waals surface area contributed by atoms with Crippen LogP contribution in [0.5, 0.6) is 0 Å². The van der Waals surface area contributed by atoms with Crippen LogP contribution in [0, 0.1) is 11.8 Å². The van der Waals surface area contributed by atoms with E-state index in [1.54, 1.807) is 0 Å². The molecule has 0 aliphatic heterocycles. The lowest BCUT2D eigenvalue weighted by Crippen LogP contribution is -2.24. The predicted molar refractivity (Wildman–Crippen MR) is 80.9 cm³/mol. The van der Waals surface area contributed by atoms with Crippen LogP contribution in [-0.2, 0) is 6.54 Å². The van der Waals surface area contributed by atoms with Crippen LogP contribution in [0.1, 0.15) is 44.2 Å². The van der Waals surface area contributed by atoms with Crippen molar-refractivity contribution >= 4 is 0 Å². The smallest absolute Gasteiger partial charge is 0.0540 e. The summed E-state index contributed by atoms with van der Waals surface area (Å²) in [6.07, 6.45) is 2.94. The average Bonchev–Trinajstić information content (AvgIpc) is 2.42. The number of rotatable bonds is 7. The van der Waals surface area contributed by atoms with E-state index < -0.39 is 0 Å². The van der Waals surface area contributed by atoms with Crippen molar-refractivity contribution < 1.29 is 5.11 Å². The molecule has 0 spiro atoms. The summed E-state index contributed by atoms with van der Waals surface area (Å²) in [6.45, 7) is 7.92. The molecule has 19 heavy (non-hydrogen) atoms. The Kier molecular flexibility index (Phi) is 7.97. The van der Waals surface area contributed by atoms with Crippen molar-refractivity contribution in [1.29, 1.82) is 0 Å². The maximum Gasteiger partial charge on any atom is 0.0540 e. The molecule has 1 rings (SSSR count). The van der Waals surface area contributed by atoms with Gasteiger partial charge in [0.15, 0.2) is 0 Å². The second-order valence-electron chi connectivity index (χ2n) is 4.75. The summed E-state index contributed by atoms with van der Waals surface area (Å²) in [7, 11) is 0. The highest BCUT2D eigenvalue weighted by atomic mass is 16.2. The molecule has 0 unspecified atom stereocenters. The monoisotopic (exact) mass is 259 g/mol. The van der Waals surface area contributed by atoms with Gasteiger partial charge in [-0.25, -0.2) is 0 Å². The van der Waals surface area contributed by atoms with Gasteiger partial charge < -0.3 is 5.11 Å². The van der Waals surface area contributed by atoms with Crippen LogP contribution in [0.3, 0.4) is 0 Å². The number of nitrogens with zero attached hydrogens (tertiary/aromatic N) is 1. The van der Waals surface area contributed by atoms with Gasteiger partial charge in [0.05, 0.1) is 6.61 Å². The third kappa shape index (κ3) is 6.42. The zero-order valence-corrected chi connectivity index (χ0v) is 12.2. The van der Waals surface area contributed by atoms with Crippen molar-refractivity contribution in [2.45, 2.75) is 39.7 Å². The summed E-state index contributed by atoms with van der Waals surface area (Å²) in [5, 5.41) is 8.68. The quantitative estimate of drug-likeness (QED) is 0.761. The Morgan fingerprint density at radius 1 is 1.05 bits per heavy atom. The maximum atomic E-state index is 8.68. The van der Waals surface area contributed by atoms with Gasteiger partial charge in [0.1, 0.15) is 0 Å². The molecule has 0 saturated heterocycles. The normalized spacial score (nSPS) is 10.3. The van der Waals surface area contributed by atoms with Crippen molar-refractivity contribution in [2.75, 3.05) is 19.7 Å². The maximum absolute atomic E-state index is 8.68. The van der Waals surface area contributed by atoms with E-state index in [0.717, 1.165) is 25.2 Å². The molecule has 0 heterocycles. The van der Waals surface area contributed by atoms with E-state index in [1.165, 1.54) is 18.4 Å². The first-order valence-electron chi connectivity index (χ1n) is 7.21. The lowest BCUT2D eigenvalue weighted by molar-refractivity contribution is 0.266. The molecule has 2 nitrogen and oxygen atoms in total. The Hall–Kier alpha value is -1.30. The summed E-state index contributed by atoms with van der Waals surface area (Å²) in [5.41, 5.74) is 2.37. The number of hydrogen-bond donors (Lipinski definition) is 1. The summed E-state index contributed by atoms with van der Waals surface area (Å²) < 4.78 is 0. The molecule has 1 aromatic rings. The lowest BCUT2D eigenvalue weighted by atomic mass is 10.1. The third-order valence-corrected chi connectivity index (χ3v) is 2.91. The zero-order valence-electron chi connectivity index (χ0n) is 12.2. The van der Waals surface area contributed by atoms with Crippen LogP contribution >= 0.6 is 0 Å². The summed E-state index contributed by atoms with van der Waals surface area (Å²) >= 11 is 0. The Morgan fingerprint density at radius 3 is 2.21 bits per heavy atom. The van der Waals surface area contributed by atoms with Crippen LogP contribution in [0.15, 0.2) is 24.3 Å². The van der Waals surface area contributed by atoms with E-state index in [4.69, 9.17) is 5.11 Å². The highest BCUT2D eigenvalue weighted by molar-refractivity contribution is 5.36. The van der Waals surface area contributed by atoms with Crippen molar-refractivity contribution in [3.05, 3.63) is 35.4 Å². The standard InChI is InChI=1S/C17H25NO/c1-3-12-18(13-4-2)15-17-10-8-16(9-11-17)7-5-6-14-19/h8-11,19H,3-4,6,12-15H2,1-2H3. The first kappa shape index (κ1) is 15.8. The average molecular weight is 259 g/mol. The highest BCUT2D eigenvalue weighted by Crippen LogP contribution is 2.08. The van der Waals surface area contributed by atoms with E-state index >= 15 is 0 Å². The molecule has 0 aromatic heterocycles. The van der Waals surface area contributed by atoms with Crippen molar-refractivity contribution in [3.8, 4) is 11.8 Å². The first-order valence-corrected chi connectivity index (χ1v) is 7.21. The van der Waals surface area contributed by atoms with Gasteiger partial charge in [-0.1, -0.05) is 37.8 Å². The van der Waals surface area contributed by atoms with E-state index in [-0.39, 0.29) is 6.61 Å². The third-order valence-electron chi connectivity index (χ3n) is 2.91. The largest absolute Gasteiger partial charge is 0.395 e. The molecule has 0 amide bonds. The van der Waals surface area contributed by atoms with Gasteiger partial charge in [0, 0.05) is 18.5 Å². The SMILES string of the molecule is CCCN(CCC)Cc1ccc(C#CCCO)cc1. The van der Waals surface area contributed by atoms with Crippen LogP contribution in [0.2, 0.25) is 0 Å². The lowest BCUT2D eigenvalue weighted by Gasteiger charge is -2.20. The fourth-order valence-corrected chi connectivity index (χ4v) is 2.07. The Labute approximate surface area is 117 Å². The van der Waals surface area contributed by atoms with Gasteiger partial charge in [0.25, 0.3) is 0 Å². The molecule has 2 heteroatoms. The first-order chi connectivity index (χ1) is 9.30. The predicted octanol–water partition coefficient (Wildman–Crippen LogP) is 3.04. The molecule has 0 bridgehead atoms. The topological polar surface area (TPSA) is 23.5 Å². The fraction of sp³-hybridized carbons (Fsp3) is 0.529. The van der Waals surface area contributed by atoms with E-state index in [2.05, 4.69) is 54.9 Å². The molecular weight excluding hydrogens is 234 g/mol. The summed E-state index contributed by atoms with van der Waals surface area (Å²) in [5.74, 6) is 5.99. The summed E-state index contributed by atoms with van der Waals surface area (Å²) in [6, 6.07) is 8.44. The van der Waals surface area contributed by atoms with Gasteiger partial charge in [-0.05, 0) is 43.6 Å². The van der Waals surface area contributed by atoms with E-state index in [1.807, 2.05) is 0 Å². The summed E-state index contributed by atoms with van der Waals surface area (Å²) in [4.78, 5) is 2.49. The number of benzene rings is 1. The molecule has 0 atom stereocenters. The molecule has 104 valence electrons. The van der Waals surface area contributed by atoms with Gasteiger partial charge >= 0.3 is 0 Å². The Bertz CT molecular complexity index is 394. The molecule has 1 aromatic carbocycles. The van der Waals surface area contributed by atoms with Crippen LogP contribution in [0.25, 0.3) is 0 Å². The molecule has 0 fully saturated rings. The highest BCUT2D eigenvalue weighted by Gasteiger charge is 2.03. The minimum absolute atomic E-state index is 0.133. The molecule has 0 radical (unpaired) electrons. The Morgan fingerprint density at radius 2 is 1.68 bits per heavy atom. The van der Waals surface area contributed by atoms with Gasteiger partial charge in [-0.2, -0.15) is 0 Å². The number of aliphatic hydroxyl groups excluding tert-OH is 1. The van der Waals surface area contributed by atoms with Crippen molar-refractivity contribution in [1.82, 2.24) is 4.90 Å². The van der Waals surface area contributed by atoms with Crippen LogP contribution in [0.4, 0.5) is 0 Å². The second-order valence-corrected chi connectivity index (χ2v) is 4.75. The number of aliphatic hydroxyl groups is 1. The molecular formula is C17H25NO.